The number of fused-ring (bicyclic) bond motifs is 1. The van der Waals surface area contributed by atoms with Crippen LogP contribution in [0.15, 0.2) is 36.4 Å². The lowest BCUT2D eigenvalue weighted by molar-refractivity contribution is 0.102. The highest BCUT2D eigenvalue weighted by molar-refractivity contribution is 6.05. The number of anilines is 2. The van der Waals surface area contributed by atoms with Gasteiger partial charge in [-0.3, -0.25) is 4.79 Å². The van der Waals surface area contributed by atoms with Crippen LogP contribution in [0, 0.1) is 6.92 Å². The van der Waals surface area contributed by atoms with E-state index in [4.69, 9.17) is 4.74 Å². The van der Waals surface area contributed by atoms with E-state index in [0.717, 1.165) is 11.3 Å². The van der Waals surface area contributed by atoms with Gasteiger partial charge in [-0.15, -0.1) is 0 Å². The molecule has 0 radical (unpaired) electrons. The Kier molecular flexibility index (Phi) is 4.09. The maximum absolute atomic E-state index is 12.6. The number of amides is 1. The Morgan fingerprint density at radius 2 is 2.12 bits per heavy atom. The van der Waals surface area contributed by atoms with Crippen LogP contribution in [-0.2, 0) is 0 Å². The molecule has 0 bridgehead atoms. The van der Waals surface area contributed by atoms with Gasteiger partial charge in [-0.25, -0.2) is 0 Å². The van der Waals surface area contributed by atoms with E-state index in [9.17, 15) is 9.90 Å². The molecule has 1 aliphatic carbocycles. The second kappa shape index (κ2) is 6.41. The largest absolute Gasteiger partial charge is 0.489 e. The van der Waals surface area contributed by atoms with Crippen LogP contribution < -0.4 is 15.4 Å². The zero-order valence-corrected chi connectivity index (χ0v) is 14.2. The number of hydrogen-bond donors (Lipinski definition) is 3. The smallest absolute Gasteiger partial charge is 0.255 e. The maximum Gasteiger partial charge on any atom is 0.255 e. The van der Waals surface area contributed by atoms with Gasteiger partial charge in [0.15, 0.2) is 0 Å². The predicted octanol–water partition coefficient (Wildman–Crippen LogP) is 3.29. The van der Waals surface area contributed by atoms with Crippen molar-refractivity contribution < 1.29 is 14.6 Å². The normalized spacial score (nSPS) is 18.7. The molecule has 0 aromatic heterocycles. The van der Waals surface area contributed by atoms with E-state index in [-0.39, 0.29) is 18.6 Å². The zero-order chi connectivity index (χ0) is 17.4. The Hall–Kier alpha value is -2.53. The Balaban J connectivity index is 1.49. The fraction of sp³-hybridized carbons (Fsp3) is 0.350. The van der Waals surface area contributed by atoms with E-state index in [1.807, 2.05) is 31.2 Å². The summed E-state index contributed by atoms with van der Waals surface area (Å²) >= 11 is 0. The van der Waals surface area contributed by atoms with Crippen molar-refractivity contribution in [1.29, 1.82) is 0 Å². The third-order valence-corrected chi connectivity index (χ3v) is 4.80. The number of aryl methyl sites for hydroxylation is 1. The van der Waals surface area contributed by atoms with E-state index in [0.29, 0.717) is 29.5 Å². The number of nitrogens with one attached hydrogen (secondary N) is 2. The van der Waals surface area contributed by atoms with E-state index in [2.05, 4.69) is 22.8 Å². The molecule has 5 nitrogen and oxygen atoms in total. The van der Waals surface area contributed by atoms with Gasteiger partial charge in [-0.05, 0) is 55.0 Å². The van der Waals surface area contributed by atoms with Crippen molar-refractivity contribution in [2.75, 3.05) is 23.8 Å². The van der Waals surface area contributed by atoms with Crippen LogP contribution in [0.1, 0.15) is 40.2 Å². The average Bonchev–Trinajstić information content (AvgIpc) is 3.46. The summed E-state index contributed by atoms with van der Waals surface area (Å²) in [5.74, 6) is 1.25. The third-order valence-electron chi connectivity index (χ3n) is 4.80. The summed E-state index contributed by atoms with van der Waals surface area (Å²) in [6.07, 6.45) is 2.51. The molecule has 1 fully saturated rings. The van der Waals surface area contributed by atoms with Gasteiger partial charge in [-0.2, -0.15) is 0 Å². The quantitative estimate of drug-likeness (QED) is 0.800. The molecule has 3 N–H and O–H groups in total. The van der Waals surface area contributed by atoms with Gasteiger partial charge in [0.2, 0.25) is 0 Å². The van der Waals surface area contributed by atoms with Crippen molar-refractivity contribution in [1.82, 2.24) is 0 Å². The molecule has 25 heavy (non-hydrogen) atoms. The molecule has 2 aromatic carbocycles. The number of benzene rings is 2. The summed E-state index contributed by atoms with van der Waals surface area (Å²) < 4.78 is 5.65. The first-order chi connectivity index (χ1) is 12.1. The highest BCUT2D eigenvalue weighted by Crippen LogP contribution is 2.40. The molecule has 4 rings (SSSR count). The number of aliphatic hydroxyl groups is 1. The lowest BCUT2D eigenvalue weighted by Gasteiger charge is -2.26. The highest BCUT2D eigenvalue weighted by Gasteiger charge is 2.24. The second-order valence-corrected chi connectivity index (χ2v) is 6.85. The first-order valence-corrected chi connectivity index (χ1v) is 8.70. The Bertz CT molecular complexity index is 815. The van der Waals surface area contributed by atoms with Gasteiger partial charge in [0, 0.05) is 17.3 Å². The van der Waals surface area contributed by atoms with Crippen LogP contribution in [-0.4, -0.2) is 30.3 Å². The van der Waals surface area contributed by atoms with Crippen molar-refractivity contribution >= 4 is 17.3 Å². The van der Waals surface area contributed by atoms with E-state index < -0.39 is 0 Å². The van der Waals surface area contributed by atoms with Gasteiger partial charge in [0.25, 0.3) is 5.91 Å². The van der Waals surface area contributed by atoms with Crippen molar-refractivity contribution in [3.63, 3.8) is 0 Å². The number of rotatable bonds is 4. The molecule has 1 saturated carbocycles. The lowest BCUT2D eigenvalue weighted by Crippen LogP contribution is -2.34. The van der Waals surface area contributed by atoms with Crippen LogP contribution in [0.5, 0.6) is 5.75 Å². The molecule has 0 saturated heterocycles. The van der Waals surface area contributed by atoms with Crippen LogP contribution in [0.25, 0.3) is 0 Å². The van der Waals surface area contributed by atoms with Gasteiger partial charge >= 0.3 is 0 Å². The van der Waals surface area contributed by atoms with Crippen LogP contribution in [0.3, 0.4) is 0 Å². The topological polar surface area (TPSA) is 70.6 Å². The minimum Gasteiger partial charge on any atom is -0.489 e. The average molecular weight is 338 g/mol. The van der Waals surface area contributed by atoms with Crippen molar-refractivity contribution in [2.45, 2.75) is 31.7 Å². The molecule has 1 amide bonds. The number of carbonyl (C=O) groups is 1. The molecular weight excluding hydrogens is 316 g/mol. The lowest BCUT2D eigenvalue weighted by atomic mass is 10.0. The van der Waals surface area contributed by atoms with E-state index in [1.165, 1.54) is 18.4 Å². The minimum absolute atomic E-state index is 0.0219. The fourth-order valence-electron chi connectivity index (χ4n) is 3.20. The predicted molar refractivity (Wildman–Crippen MR) is 97.5 cm³/mol. The second-order valence-electron chi connectivity index (χ2n) is 6.85. The third kappa shape index (κ3) is 3.33. The standard InChI is InChI=1S/C20H22N2O3/c1-12-8-14(13-2-3-13)4-6-17(12)20(24)22-15-5-7-18-19(9-15)25-11-16(10-23)21-18/h4-9,13,16,21,23H,2-3,10-11H2,1H3,(H,22,24). The summed E-state index contributed by atoms with van der Waals surface area (Å²) in [6.45, 7) is 2.41. The summed E-state index contributed by atoms with van der Waals surface area (Å²) in [5, 5.41) is 15.3. The zero-order valence-electron chi connectivity index (χ0n) is 14.2. The van der Waals surface area contributed by atoms with E-state index in [1.54, 1.807) is 0 Å². The summed E-state index contributed by atoms with van der Waals surface area (Å²) in [7, 11) is 0. The number of aliphatic hydroxyl groups excluding tert-OH is 1. The molecule has 1 aliphatic heterocycles. The molecule has 1 heterocycles. The summed E-state index contributed by atoms with van der Waals surface area (Å²) in [4.78, 5) is 12.6. The maximum atomic E-state index is 12.6. The molecule has 2 aliphatic rings. The fourth-order valence-corrected chi connectivity index (χ4v) is 3.20. The van der Waals surface area contributed by atoms with Crippen LogP contribution in [0.4, 0.5) is 11.4 Å². The molecule has 1 unspecified atom stereocenters. The molecular formula is C20H22N2O3. The molecule has 2 aromatic rings. The monoisotopic (exact) mass is 338 g/mol. The molecule has 5 heteroatoms. The van der Waals surface area contributed by atoms with Gasteiger partial charge in [-0.1, -0.05) is 12.1 Å². The first kappa shape index (κ1) is 16.0. The van der Waals surface area contributed by atoms with Gasteiger partial charge < -0.3 is 20.5 Å². The molecule has 1 atom stereocenters. The highest BCUT2D eigenvalue weighted by atomic mass is 16.5. The van der Waals surface area contributed by atoms with Crippen LogP contribution in [0.2, 0.25) is 0 Å². The number of hydrogen-bond acceptors (Lipinski definition) is 4. The summed E-state index contributed by atoms with van der Waals surface area (Å²) in [6, 6.07) is 11.5. The van der Waals surface area contributed by atoms with Gasteiger partial charge in [0.05, 0.1) is 18.3 Å². The van der Waals surface area contributed by atoms with E-state index >= 15 is 0 Å². The number of ether oxygens (including phenoxy) is 1. The van der Waals surface area contributed by atoms with Crippen LogP contribution >= 0.6 is 0 Å². The van der Waals surface area contributed by atoms with Crippen molar-refractivity contribution in [2.24, 2.45) is 0 Å². The van der Waals surface area contributed by atoms with Crippen molar-refractivity contribution in [3.05, 3.63) is 53.1 Å². The minimum atomic E-state index is -0.114. The first-order valence-electron chi connectivity index (χ1n) is 8.70. The molecule has 130 valence electrons. The Morgan fingerprint density at radius 1 is 1.28 bits per heavy atom. The Labute approximate surface area is 147 Å². The summed E-state index contributed by atoms with van der Waals surface area (Å²) in [5.41, 5.74) is 4.55. The number of carbonyl (C=O) groups excluding carboxylic acids is 1. The SMILES string of the molecule is Cc1cc(C2CC2)ccc1C(=O)Nc1ccc2c(c1)OCC(CO)N2. The Morgan fingerprint density at radius 3 is 2.84 bits per heavy atom. The van der Waals surface area contributed by atoms with Crippen molar-refractivity contribution in [3.8, 4) is 5.75 Å². The van der Waals surface area contributed by atoms with Gasteiger partial charge in [0.1, 0.15) is 12.4 Å². The molecule has 0 spiro atoms.